The molecule has 150 valence electrons. The zero-order valence-corrected chi connectivity index (χ0v) is 18.9. The average molecular weight is 578 g/mol. The highest BCUT2D eigenvalue weighted by Gasteiger charge is 2.14. The van der Waals surface area contributed by atoms with Crippen molar-refractivity contribution in [2.45, 2.75) is 0 Å². The highest BCUT2D eigenvalue weighted by atomic mass is 127. The predicted octanol–water partition coefficient (Wildman–Crippen LogP) is 5.05. The first-order valence-corrected chi connectivity index (χ1v) is 10.5. The normalized spacial score (nSPS) is 11.3. The number of nitrogens with zero attached hydrogens (tertiary/aromatic N) is 2. The molecule has 7 nitrogen and oxygen atoms in total. The molecule has 4 aromatic rings. The van der Waals surface area contributed by atoms with E-state index in [4.69, 9.17) is 9.52 Å². The van der Waals surface area contributed by atoms with Crippen molar-refractivity contribution in [1.29, 1.82) is 0 Å². The summed E-state index contributed by atoms with van der Waals surface area (Å²) in [5, 5.41) is 13.9. The number of nitrogens with one attached hydrogen (secondary N) is 1. The molecule has 0 aliphatic rings. The second-order valence-corrected chi connectivity index (χ2v) is 8.35. The molecule has 0 saturated carbocycles. The van der Waals surface area contributed by atoms with Gasteiger partial charge >= 0.3 is 11.9 Å². The van der Waals surface area contributed by atoms with Crippen molar-refractivity contribution in [3.05, 3.63) is 85.9 Å². The number of hydrogen-bond donors (Lipinski definition) is 2. The maximum Gasteiger partial charge on any atom is 0.335 e. The van der Waals surface area contributed by atoms with Gasteiger partial charge in [-0.25, -0.2) is 10.2 Å². The van der Waals surface area contributed by atoms with Crippen LogP contribution in [0.25, 0.3) is 16.7 Å². The molecule has 9 heteroatoms. The fraction of sp³-hybridized carbons (Fsp3) is 0. The topological polar surface area (TPSA) is 96.8 Å². The molecule has 2 N–H and O–H groups in total. The van der Waals surface area contributed by atoms with Crippen molar-refractivity contribution < 1.29 is 19.1 Å². The van der Waals surface area contributed by atoms with E-state index in [0.717, 1.165) is 19.1 Å². The third-order valence-electron chi connectivity index (χ3n) is 4.30. The van der Waals surface area contributed by atoms with Crippen molar-refractivity contribution in [2.75, 3.05) is 0 Å². The van der Waals surface area contributed by atoms with Gasteiger partial charge in [-0.05, 0) is 77.2 Å². The number of rotatable bonds is 5. The Balaban J connectivity index is 1.50. The van der Waals surface area contributed by atoms with Crippen molar-refractivity contribution >= 4 is 67.6 Å². The summed E-state index contributed by atoms with van der Waals surface area (Å²) in [4.78, 5) is 23.4. The molecule has 0 spiro atoms. The summed E-state index contributed by atoms with van der Waals surface area (Å²) in [7, 11) is 0. The molecule has 1 amide bonds. The molecule has 2 heterocycles. The standard InChI is InChI=1S/C21H13BrIN3O4/c22-14-8-13-9-18(30-19(13)17(23)10-14)20(27)25-24-11-16-2-1-7-26(16)15-5-3-12(4-6-15)21(28)29/h1-11H,(H,25,27)(H,28,29)/b24-11+. The number of hydrazone groups is 1. The van der Waals surface area contributed by atoms with E-state index in [0.29, 0.717) is 11.3 Å². The van der Waals surface area contributed by atoms with Gasteiger partial charge in [-0.2, -0.15) is 5.10 Å². The average Bonchev–Trinajstić information content (AvgIpc) is 3.35. The van der Waals surface area contributed by atoms with E-state index in [1.807, 2.05) is 35.0 Å². The van der Waals surface area contributed by atoms with Crippen molar-refractivity contribution in [3.63, 3.8) is 0 Å². The minimum absolute atomic E-state index is 0.165. The molecule has 0 aliphatic heterocycles. The van der Waals surface area contributed by atoms with Gasteiger partial charge in [-0.3, -0.25) is 4.79 Å². The second-order valence-electron chi connectivity index (χ2n) is 6.27. The van der Waals surface area contributed by atoms with Crippen LogP contribution in [0.2, 0.25) is 0 Å². The number of halogens is 2. The number of aromatic nitrogens is 1. The Morgan fingerprint density at radius 1 is 1.17 bits per heavy atom. The van der Waals surface area contributed by atoms with Crippen LogP contribution >= 0.6 is 38.5 Å². The van der Waals surface area contributed by atoms with Gasteiger partial charge in [0.1, 0.15) is 5.58 Å². The Hall–Kier alpha value is -2.92. The molecule has 4 rings (SSSR count). The van der Waals surface area contributed by atoms with Crippen LogP contribution in [-0.2, 0) is 0 Å². The zero-order valence-electron chi connectivity index (χ0n) is 15.2. The van der Waals surface area contributed by atoms with Gasteiger partial charge in [0.05, 0.1) is 21.0 Å². The number of hydrogen-bond acceptors (Lipinski definition) is 4. The number of carboxylic acid groups (broad SMARTS) is 1. The summed E-state index contributed by atoms with van der Waals surface area (Å²) in [5.74, 6) is -1.28. The molecule has 0 unspecified atom stereocenters. The van der Waals surface area contributed by atoms with Gasteiger partial charge in [0.15, 0.2) is 5.76 Å². The van der Waals surface area contributed by atoms with Crippen LogP contribution in [0, 0.1) is 3.57 Å². The number of carbonyl (C=O) groups excluding carboxylic acids is 1. The molecule has 0 radical (unpaired) electrons. The maximum absolute atomic E-state index is 12.4. The lowest BCUT2D eigenvalue weighted by molar-refractivity contribution is 0.0696. The SMILES string of the molecule is O=C(O)c1ccc(-n2cccc2/C=N/NC(=O)c2cc3cc(Br)cc(I)c3o2)cc1. The van der Waals surface area contributed by atoms with Gasteiger partial charge in [0.25, 0.3) is 0 Å². The quantitative estimate of drug-likeness (QED) is 0.197. The lowest BCUT2D eigenvalue weighted by Gasteiger charge is -2.06. The molecule has 0 aliphatic carbocycles. The highest BCUT2D eigenvalue weighted by Crippen LogP contribution is 2.28. The first kappa shape index (κ1) is 20.4. The largest absolute Gasteiger partial charge is 0.478 e. The van der Waals surface area contributed by atoms with E-state index in [2.05, 4.69) is 49.0 Å². The molecule has 2 aromatic carbocycles. The van der Waals surface area contributed by atoms with Gasteiger partial charge < -0.3 is 14.1 Å². The van der Waals surface area contributed by atoms with Crippen LogP contribution in [0.1, 0.15) is 26.6 Å². The molecule has 0 atom stereocenters. The molecular weight excluding hydrogens is 565 g/mol. The molecule has 0 saturated heterocycles. The fourth-order valence-electron chi connectivity index (χ4n) is 2.90. The summed E-state index contributed by atoms with van der Waals surface area (Å²) in [6, 6.07) is 15.6. The van der Waals surface area contributed by atoms with Crippen molar-refractivity contribution in [2.24, 2.45) is 5.10 Å². The second kappa shape index (κ2) is 8.44. The summed E-state index contributed by atoms with van der Waals surface area (Å²) >= 11 is 5.58. The third kappa shape index (κ3) is 4.17. The molecule has 2 aromatic heterocycles. The smallest absolute Gasteiger partial charge is 0.335 e. The van der Waals surface area contributed by atoms with Gasteiger partial charge in [-0.15, -0.1) is 0 Å². The summed E-state index contributed by atoms with van der Waals surface area (Å²) in [6.45, 7) is 0. The Morgan fingerprint density at radius 2 is 1.93 bits per heavy atom. The third-order valence-corrected chi connectivity index (χ3v) is 5.55. The number of furan rings is 1. The summed E-state index contributed by atoms with van der Waals surface area (Å²) in [6.07, 6.45) is 3.32. The van der Waals surface area contributed by atoms with Crippen molar-refractivity contribution in [1.82, 2.24) is 9.99 Å². The Labute approximate surface area is 192 Å². The van der Waals surface area contributed by atoms with E-state index in [-0.39, 0.29) is 11.3 Å². The van der Waals surface area contributed by atoms with Crippen LogP contribution in [0.4, 0.5) is 0 Å². The van der Waals surface area contributed by atoms with Crippen LogP contribution in [0.3, 0.4) is 0 Å². The lowest BCUT2D eigenvalue weighted by atomic mass is 10.2. The van der Waals surface area contributed by atoms with Gasteiger partial charge in [0.2, 0.25) is 0 Å². The van der Waals surface area contributed by atoms with Gasteiger partial charge in [0, 0.05) is 21.7 Å². The minimum atomic E-state index is -0.980. The Morgan fingerprint density at radius 3 is 2.67 bits per heavy atom. The monoisotopic (exact) mass is 577 g/mol. The van der Waals surface area contributed by atoms with Gasteiger partial charge in [-0.1, -0.05) is 15.9 Å². The number of amides is 1. The lowest BCUT2D eigenvalue weighted by Crippen LogP contribution is -2.17. The van der Waals surface area contributed by atoms with Crippen LogP contribution < -0.4 is 5.43 Å². The Bertz CT molecular complexity index is 1290. The first-order valence-electron chi connectivity index (χ1n) is 8.65. The zero-order chi connectivity index (χ0) is 21.3. The number of carbonyl (C=O) groups is 2. The van der Waals surface area contributed by atoms with Crippen LogP contribution in [-0.4, -0.2) is 27.8 Å². The molecule has 30 heavy (non-hydrogen) atoms. The minimum Gasteiger partial charge on any atom is -0.478 e. The number of aromatic carboxylic acids is 1. The van der Waals surface area contributed by atoms with E-state index in [9.17, 15) is 9.59 Å². The predicted molar refractivity (Wildman–Crippen MR) is 124 cm³/mol. The number of carboxylic acids is 1. The van der Waals surface area contributed by atoms with E-state index < -0.39 is 11.9 Å². The summed E-state index contributed by atoms with van der Waals surface area (Å²) < 4.78 is 9.28. The molecule has 0 fully saturated rings. The van der Waals surface area contributed by atoms with E-state index in [1.165, 1.54) is 18.3 Å². The number of fused-ring (bicyclic) bond motifs is 1. The van der Waals surface area contributed by atoms with Crippen LogP contribution in [0.5, 0.6) is 0 Å². The van der Waals surface area contributed by atoms with Crippen LogP contribution in [0.15, 0.2) is 74.8 Å². The summed E-state index contributed by atoms with van der Waals surface area (Å²) in [5.41, 5.74) is 4.80. The highest BCUT2D eigenvalue weighted by molar-refractivity contribution is 14.1. The molecular formula is C21H13BrIN3O4. The number of benzene rings is 2. The fourth-order valence-corrected chi connectivity index (χ4v) is 4.56. The van der Waals surface area contributed by atoms with Crippen molar-refractivity contribution in [3.8, 4) is 5.69 Å². The molecule has 0 bridgehead atoms. The Kier molecular flexibility index (Phi) is 5.73. The first-order chi connectivity index (χ1) is 14.4. The van der Waals surface area contributed by atoms with E-state index in [1.54, 1.807) is 18.2 Å². The maximum atomic E-state index is 12.4. The van der Waals surface area contributed by atoms with E-state index >= 15 is 0 Å².